The smallest absolute Gasteiger partial charge is 0.0834 e. The third-order valence-corrected chi connectivity index (χ3v) is 5.58. The highest BCUT2D eigenvalue weighted by Crippen LogP contribution is 2.28. The molecule has 3 heteroatoms. The minimum Gasteiger partial charge on any atom is -0.300 e. The lowest BCUT2D eigenvalue weighted by molar-refractivity contribution is 0.184. The predicted molar refractivity (Wildman–Crippen MR) is 106 cm³/mol. The van der Waals surface area contributed by atoms with Crippen molar-refractivity contribution in [1.29, 1.82) is 0 Å². The first-order chi connectivity index (χ1) is 11.4. The van der Waals surface area contributed by atoms with E-state index in [1.54, 1.807) is 0 Å². The quantitative estimate of drug-likeness (QED) is 0.628. The van der Waals surface area contributed by atoms with Gasteiger partial charge in [-0.05, 0) is 31.2 Å². The molecule has 0 aliphatic heterocycles. The van der Waals surface area contributed by atoms with Gasteiger partial charge in [-0.3, -0.25) is 5.10 Å². The molecule has 0 aliphatic carbocycles. The maximum Gasteiger partial charge on any atom is 0.0834 e. The molecular formula is C21H39N3. The summed E-state index contributed by atoms with van der Waals surface area (Å²) in [6.45, 7) is 19.4. The van der Waals surface area contributed by atoms with E-state index in [-0.39, 0.29) is 0 Å². The summed E-state index contributed by atoms with van der Waals surface area (Å²) in [5.41, 5.74) is 1.03. The maximum absolute atomic E-state index is 4.35. The van der Waals surface area contributed by atoms with Crippen LogP contribution in [0.5, 0.6) is 0 Å². The molecule has 0 aromatic carbocycles. The van der Waals surface area contributed by atoms with Crippen LogP contribution in [0.3, 0.4) is 0 Å². The topological polar surface area (TPSA) is 31.9 Å². The molecule has 1 heterocycles. The van der Waals surface area contributed by atoms with Crippen LogP contribution in [0.25, 0.3) is 13.2 Å². The summed E-state index contributed by atoms with van der Waals surface area (Å²) in [5.74, 6) is 2.47. The zero-order valence-corrected chi connectivity index (χ0v) is 16.7. The second-order valence-corrected chi connectivity index (χ2v) is 7.63. The van der Waals surface area contributed by atoms with Crippen molar-refractivity contribution in [3.8, 4) is 0 Å². The monoisotopic (exact) mass is 333 g/mol. The van der Waals surface area contributed by atoms with Gasteiger partial charge in [0.05, 0.1) is 11.0 Å². The van der Waals surface area contributed by atoms with E-state index in [2.05, 4.69) is 63.0 Å². The van der Waals surface area contributed by atoms with Crippen LogP contribution in [0.4, 0.5) is 0 Å². The van der Waals surface area contributed by atoms with Crippen LogP contribution in [-0.2, 0) is 6.54 Å². The zero-order chi connectivity index (χ0) is 18.1. The third kappa shape index (κ3) is 6.43. The van der Waals surface area contributed by atoms with Crippen LogP contribution >= 0.6 is 0 Å². The van der Waals surface area contributed by atoms with Crippen LogP contribution in [0.1, 0.15) is 71.9 Å². The molecular weight excluding hydrogens is 294 g/mol. The molecule has 0 saturated carbocycles. The predicted octanol–water partition coefficient (Wildman–Crippen LogP) is 3.93. The van der Waals surface area contributed by atoms with Gasteiger partial charge in [-0.2, -0.15) is 5.10 Å². The van der Waals surface area contributed by atoms with Crippen molar-refractivity contribution < 1.29 is 0 Å². The van der Waals surface area contributed by atoms with E-state index in [0.717, 1.165) is 47.1 Å². The van der Waals surface area contributed by atoms with Crippen LogP contribution in [0.15, 0.2) is 0 Å². The van der Waals surface area contributed by atoms with Gasteiger partial charge in [-0.1, -0.05) is 73.0 Å². The molecule has 1 aromatic heterocycles. The van der Waals surface area contributed by atoms with E-state index in [9.17, 15) is 0 Å². The van der Waals surface area contributed by atoms with Crippen LogP contribution in [0.2, 0.25) is 0 Å². The summed E-state index contributed by atoms with van der Waals surface area (Å²) >= 11 is 0. The van der Waals surface area contributed by atoms with E-state index in [1.807, 2.05) is 0 Å². The van der Waals surface area contributed by atoms with Crippen molar-refractivity contribution in [1.82, 2.24) is 15.1 Å². The highest BCUT2D eigenvalue weighted by Gasteiger charge is 2.21. The van der Waals surface area contributed by atoms with Gasteiger partial charge in [0.25, 0.3) is 0 Å². The van der Waals surface area contributed by atoms with Gasteiger partial charge in [0, 0.05) is 18.3 Å². The molecule has 1 N–H and O–H groups in total. The van der Waals surface area contributed by atoms with Gasteiger partial charge in [-0.15, -0.1) is 0 Å². The molecule has 3 atom stereocenters. The van der Waals surface area contributed by atoms with Crippen molar-refractivity contribution in [3.05, 3.63) is 16.3 Å². The highest BCUT2D eigenvalue weighted by atomic mass is 15.2. The average molecular weight is 334 g/mol. The Morgan fingerprint density at radius 3 is 2.25 bits per heavy atom. The minimum absolute atomic E-state index is 0.769. The Bertz CT molecular complexity index is 548. The SMILES string of the molecule is C=c1[nH]nc(CN(C)CC(CC)C(CCC)CCC(C)CC)c1=C. The highest BCUT2D eigenvalue weighted by molar-refractivity contribution is 5.14. The van der Waals surface area contributed by atoms with Crippen molar-refractivity contribution in [2.75, 3.05) is 13.6 Å². The number of nitrogens with one attached hydrogen (secondary N) is 1. The molecule has 3 unspecified atom stereocenters. The van der Waals surface area contributed by atoms with Gasteiger partial charge in [0.15, 0.2) is 0 Å². The van der Waals surface area contributed by atoms with E-state index < -0.39 is 0 Å². The number of hydrogen-bond donors (Lipinski definition) is 1. The summed E-state index contributed by atoms with van der Waals surface area (Å²) in [5, 5.41) is 9.08. The number of H-pyrrole nitrogens is 1. The molecule has 138 valence electrons. The Balaban J connectivity index is 2.65. The molecule has 24 heavy (non-hydrogen) atoms. The van der Waals surface area contributed by atoms with Gasteiger partial charge >= 0.3 is 0 Å². The van der Waals surface area contributed by atoms with Gasteiger partial charge in [-0.25, -0.2) is 0 Å². The van der Waals surface area contributed by atoms with Gasteiger partial charge < -0.3 is 4.90 Å². The fourth-order valence-corrected chi connectivity index (χ4v) is 3.60. The molecule has 0 bridgehead atoms. The summed E-state index contributed by atoms with van der Waals surface area (Å²) in [6.07, 6.45) is 7.95. The Morgan fingerprint density at radius 1 is 1.04 bits per heavy atom. The first kappa shape index (κ1) is 21.0. The Hall–Kier alpha value is -1.09. The average Bonchev–Trinajstić information content (AvgIpc) is 2.88. The fourth-order valence-electron chi connectivity index (χ4n) is 3.60. The second kappa shape index (κ2) is 10.7. The second-order valence-electron chi connectivity index (χ2n) is 7.63. The van der Waals surface area contributed by atoms with E-state index in [4.69, 9.17) is 0 Å². The fraction of sp³-hybridized carbons (Fsp3) is 0.762. The standard InChI is InChI=1S/C21H39N3/c1-8-11-20(13-12-16(4)9-2)19(10-3)14-24(7)15-21-17(5)18(6)22-23-21/h16,19-20,22H,5-6,8-15H2,1-4,7H3. The van der Waals surface area contributed by atoms with E-state index in [0.29, 0.717) is 0 Å². The number of aromatic amines is 1. The summed E-state index contributed by atoms with van der Waals surface area (Å²) in [4.78, 5) is 2.41. The van der Waals surface area contributed by atoms with Crippen molar-refractivity contribution in [2.45, 2.75) is 72.8 Å². The molecule has 0 aliphatic rings. The maximum atomic E-state index is 4.35. The van der Waals surface area contributed by atoms with Crippen molar-refractivity contribution >= 4 is 13.2 Å². The molecule has 3 nitrogen and oxygen atoms in total. The van der Waals surface area contributed by atoms with Gasteiger partial charge in [0.2, 0.25) is 0 Å². The van der Waals surface area contributed by atoms with Crippen molar-refractivity contribution in [2.24, 2.45) is 17.8 Å². The lowest BCUT2D eigenvalue weighted by atomic mass is 9.81. The number of rotatable bonds is 12. The summed E-state index contributed by atoms with van der Waals surface area (Å²) in [6, 6.07) is 0. The zero-order valence-electron chi connectivity index (χ0n) is 16.7. The summed E-state index contributed by atoms with van der Waals surface area (Å²) < 4.78 is 0. The molecule has 1 aromatic rings. The van der Waals surface area contributed by atoms with E-state index >= 15 is 0 Å². The molecule has 0 fully saturated rings. The van der Waals surface area contributed by atoms with Crippen LogP contribution in [0, 0.1) is 17.8 Å². The Morgan fingerprint density at radius 2 is 1.75 bits per heavy atom. The minimum atomic E-state index is 0.769. The first-order valence-corrected chi connectivity index (χ1v) is 9.82. The molecule has 0 amide bonds. The molecule has 0 spiro atoms. The van der Waals surface area contributed by atoms with Gasteiger partial charge in [0.1, 0.15) is 0 Å². The summed E-state index contributed by atoms with van der Waals surface area (Å²) in [7, 11) is 2.21. The van der Waals surface area contributed by atoms with Crippen LogP contribution < -0.4 is 10.6 Å². The Kier molecular flexibility index (Phi) is 9.35. The number of nitrogens with zero attached hydrogens (tertiary/aromatic N) is 2. The molecule has 0 saturated heterocycles. The normalized spacial score (nSPS) is 15.6. The first-order valence-electron chi connectivity index (χ1n) is 9.82. The number of aromatic nitrogens is 2. The lowest BCUT2D eigenvalue weighted by Crippen LogP contribution is -2.32. The number of hydrogen-bond acceptors (Lipinski definition) is 2. The van der Waals surface area contributed by atoms with E-state index in [1.165, 1.54) is 38.5 Å². The lowest BCUT2D eigenvalue weighted by Gasteiger charge is -2.30. The molecule has 0 radical (unpaired) electrons. The van der Waals surface area contributed by atoms with Crippen LogP contribution in [-0.4, -0.2) is 28.7 Å². The van der Waals surface area contributed by atoms with Crippen molar-refractivity contribution in [3.63, 3.8) is 0 Å². The molecule has 1 rings (SSSR count). The Labute approximate surface area is 149 Å². The third-order valence-electron chi connectivity index (χ3n) is 5.58. The largest absolute Gasteiger partial charge is 0.300 e.